The number of carboxylic acid groups (broad SMARTS) is 2. The van der Waals surface area contributed by atoms with E-state index in [1.54, 1.807) is 67.8 Å². The molecule has 0 atom stereocenters. The predicted octanol–water partition coefficient (Wildman–Crippen LogP) is 1.12. The molecule has 0 aliphatic heterocycles. The molecule has 9 nitrogen and oxygen atoms in total. The Kier molecular flexibility index (Phi) is 6.59. The van der Waals surface area contributed by atoms with E-state index in [9.17, 15) is 19.8 Å². The first-order valence-corrected chi connectivity index (χ1v) is 8.42. The Morgan fingerprint density at radius 1 is 0.864 bits per heavy atom. The average Bonchev–Trinajstić information content (AvgIpc) is 2.32. The van der Waals surface area contributed by atoms with Crippen LogP contribution >= 0.6 is 67.8 Å². The van der Waals surface area contributed by atoms with Crippen LogP contribution in [0.4, 0.5) is 5.69 Å². The number of carbonyl (C=O) groups is 2. The second kappa shape index (κ2) is 7.57. The number of hydrogen-bond acceptors (Lipinski definition) is 3. The molecule has 0 heterocycles. The van der Waals surface area contributed by atoms with E-state index < -0.39 is 11.9 Å². The first kappa shape index (κ1) is 19.1. The van der Waals surface area contributed by atoms with Gasteiger partial charge in [-0.15, -0.1) is 0 Å². The second-order valence-corrected chi connectivity index (χ2v) is 6.89. The highest BCUT2D eigenvalue weighted by Gasteiger charge is 2.27. The monoisotopic (exact) mass is 643 g/mol. The topological polar surface area (TPSA) is 177 Å². The largest absolute Gasteiger partial charge is 0.478 e. The molecule has 0 saturated carbocycles. The summed E-state index contributed by atoms with van der Waals surface area (Å²) in [5.41, 5.74) is 15.6. The highest BCUT2D eigenvalue weighted by molar-refractivity contribution is 14.1. The van der Waals surface area contributed by atoms with Gasteiger partial charge >= 0.3 is 11.9 Å². The van der Waals surface area contributed by atoms with Gasteiger partial charge in [0.15, 0.2) is 5.96 Å². The van der Waals surface area contributed by atoms with Crippen LogP contribution in [-0.2, 0) is 0 Å². The molecule has 0 bridgehead atoms. The number of nitrogens with two attached hydrogens (primary N) is 3. The molecule has 22 heavy (non-hydrogen) atoms. The summed E-state index contributed by atoms with van der Waals surface area (Å²) < 4.78 is 0.570. The first-order valence-electron chi connectivity index (χ1n) is 5.18. The van der Waals surface area contributed by atoms with Gasteiger partial charge in [0, 0.05) is 3.57 Å². The highest BCUT2D eigenvalue weighted by atomic mass is 127. The van der Waals surface area contributed by atoms with Crippen molar-refractivity contribution in [3.05, 3.63) is 21.8 Å². The number of rotatable bonds is 3. The lowest BCUT2D eigenvalue weighted by atomic mass is 10.1. The van der Waals surface area contributed by atoms with Gasteiger partial charge in [-0.1, -0.05) is 0 Å². The van der Waals surface area contributed by atoms with Crippen LogP contribution in [0.25, 0.3) is 0 Å². The Balaban J connectivity index is 3.83. The van der Waals surface area contributed by atoms with E-state index in [4.69, 9.17) is 17.2 Å². The molecule has 118 valence electrons. The lowest BCUT2D eigenvalue weighted by Crippen LogP contribution is -2.26. The van der Waals surface area contributed by atoms with Crippen molar-refractivity contribution in [3.8, 4) is 0 Å². The van der Waals surface area contributed by atoms with Gasteiger partial charge in [-0.3, -0.25) is 0 Å². The van der Waals surface area contributed by atoms with Crippen molar-refractivity contribution in [1.82, 2.24) is 0 Å². The summed E-state index contributed by atoms with van der Waals surface area (Å²) in [7, 11) is 0. The van der Waals surface area contributed by atoms with Crippen molar-refractivity contribution in [2.75, 3.05) is 0 Å². The van der Waals surface area contributed by atoms with Gasteiger partial charge in [0.2, 0.25) is 5.96 Å². The third-order valence-corrected chi connectivity index (χ3v) is 5.37. The van der Waals surface area contributed by atoms with Gasteiger partial charge in [0.05, 0.1) is 24.0 Å². The normalized spacial score (nSPS) is 11.1. The predicted molar refractivity (Wildman–Crippen MR) is 106 cm³/mol. The Labute approximate surface area is 164 Å². The fraction of sp³-hybridized carbons (Fsp3) is 0. The minimum Gasteiger partial charge on any atom is -0.478 e. The number of halogens is 3. The molecule has 0 radical (unpaired) electrons. The van der Waals surface area contributed by atoms with E-state index in [1.807, 2.05) is 0 Å². The van der Waals surface area contributed by atoms with Crippen LogP contribution in [0.3, 0.4) is 0 Å². The Hall–Kier alpha value is -0.910. The summed E-state index contributed by atoms with van der Waals surface area (Å²) >= 11 is 5.19. The summed E-state index contributed by atoms with van der Waals surface area (Å²) in [5, 5.41) is 18.6. The Morgan fingerprint density at radius 2 is 1.27 bits per heavy atom. The zero-order valence-corrected chi connectivity index (χ0v) is 16.9. The molecule has 0 aliphatic rings. The minimum atomic E-state index is -1.27. The molecular weight excluding hydrogens is 635 g/mol. The third-order valence-electron chi connectivity index (χ3n) is 2.19. The molecule has 0 aromatic heterocycles. The van der Waals surface area contributed by atoms with Crippen LogP contribution in [-0.4, -0.2) is 34.1 Å². The standard InChI is InChI=1S/C10H8I3N5O4/c11-3-1(7(19)20)4(12)6(5(13)2(3)8(21)22)17-10(16)18-9(14)15/h(H,19,20)(H,21,22)(H6,14,15,16,17,18). The van der Waals surface area contributed by atoms with Crippen molar-refractivity contribution in [1.29, 1.82) is 0 Å². The molecule has 0 spiro atoms. The number of carboxylic acids is 2. The summed E-state index contributed by atoms with van der Waals surface area (Å²) in [5.74, 6) is -3.19. The van der Waals surface area contributed by atoms with Gasteiger partial charge in [-0.25, -0.2) is 14.6 Å². The van der Waals surface area contributed by atoms with Crippen LogP contribution in [0.5, 0.6) is 0 Å². The molecule has 0 fully saturated rings. The fourth-order valence-corrected chi connectivity index (χ4v) is 5.73. The zero-order chi connectivity index (χ0) is 17.2. The van der Waals surface area contributed by atoms with Gasteiger partial charge in [0.25, 0.3) is 0 Å². The number of hydrogen-bond donors (Lipinski definition) is 5. The lowest BCUT2D eigenvalue weighted by Gasteiger charge is -2.12. The molecule has 1 aromatic rings. The number of aliphatic imine (C=N–C) groups is 2. The first-order chi connectivity index (χ1) is 10.1. The van der Waals surface area contributed by atoms with Crippen molar-refractivity contribution >= 4 is 97.3 Å². The van der Waals surface area contributed by atoms with Crippen LogP contribution in [0.1, 0.15) is 20.7 Å². The van der Waals surface area contributed by atoms with Gasteiger partial charge in [-0.2, -0.15) is 4.99 Å². The van der Waals surface area contributed by atoms with Crippen molar-refractivity contribution in [2.45, 2.75) is 0 Å². The highest BCUT2D eigenvalue weighted by Crippen LogP contribution is 2.37. The SMILES string of the molecule is NC(N)=NC(N)=Nc1c(I)c(C(=O)O)c(I)c(C(=O)O)c1I. The van der Waals surface area contributed by atoms with Gasteiger partial charge < -0.3 is 27.4 Å². The van der Waals surface area contributed by atoms with Crippen molar-refractivity contribution < 1.29 is 19.8 Å². The van der Waals surface area contributed by atoms with Gasteiger partial charge in [-0.05, 0) is 67.8 Å². The van der Waals surface area contributed by atoms with Crippen LogP contribution in [0, 0.1) is 10.7 Å². The number of benzene rings is 1. The molecule has 0 unspecified atom stereocenters. The van der Waals surface area contributed by atoms with Crippen LogP contribution in [0.2, 0.25) is 0 Å². The number of aromatic carboxylic acids is 2. The third kappa shape index (κ3) is 4.09. The Morgan fingerprint density at radius 3 is 1.59 bits per heavy atom. The van der Waals surface area contributed by atoms with E-state index >= 15 is 0 Å². The second-order valence-electron chi connectivity index (χ2n) is 3.66. The van der Waals surface area contributed by atoms with Crippen LogP contribution in [0.15, 0.2) is 9.98 Å². The summed E-state index contributed by atoms with van der Waals surface area (Å²) in [6.07, 6.45) is 0. The maximum Gasteiger partial charge on any atom is 0.337 e. The Bertz CT molecular complexity index is 687. The maximum absolute atomic E-state index is 11.4. The number of nitrogens with zero attached hydrogens (tertiary/aromatic N) is 2. The number of guanidine groups is 2. The molecule has 8 N–H and O–H groups in total. The van der Waals surface area contributed by atoms with E-state index in [2.05, 4.69) is 9.98 Å². The average molecular weight is 643 g/mol. The van der Waals surface area contributed by atoms with E-state index in [-0.39, 0.29) is 39.4 Å². The quantitative estimate of drug-likeness (QED) is 0.186. The smallest absolute Gasteiger partial charge is 0.337 e. The summed E-state index contributed by atoms with van der Waals surface area (Å²) in [4.78, 5) is 30.2. The molecule has 1 aromatic carbocycles. The lowest BCUT2D eigenvalue weighted by molar-refractivity contribution is 0.0694. The molecule has 0 saturated heterocycles. The van der Waals surface area contributed by atoms with E-state index in [0.717, 1.165) is 0 Å². The summed E-state index contributed by atoms with van der Waals surface area (Å²) in [6.45, 7) is 0. The zero-order valence-electron chi connectivity index (χ0n) is 10.5. The molecule has 12 heteroatoms. The van der Waals surface area contributed by atoms with E-state index in [0.29, 0.717) is 0 Å². The summed E-state index contributed by atoms with van der Waals surface area (Å²) in [6, 6.07) is 0. The molecule has 0 amide bonds. The molecule has 0 aliphatic carbocycles. The minimum absolute atomic E-state index is 0.0823. The van der Waals surface area contributed by atoms with Gasteiger partial charge in [0.1, 0.15) is 0 Å². The molecule has 1 rings (SSSR count). The van der Waals surface area contributed by atoms with Crippen LogP contribution < -0.4 is 17.2 Å². The fourth-order valence-electron chi connectivity index (χ4n) is 1.40. The van der Waals surface area contributed by atoms with Crippen molar-refractivity contribution in [3.63, 3.8) is 0 Å². The maximum atomic E-state index is 11.4. The van der Waals surface area contributed by atoms with Crippen molar-refractivity contribution in [2.24, 2.45) is 27.2 Å². The van der Waals surface area contributed by atoms with E-state index in [1.165, 1.54) is 0 Å². The molecular formula is C10H8I3N5O4.